The molecule has 5 rings (SSSR count). The Bertz CT molecular complexity index is 1500. The molecule has 37 heavy (non-hydrogen) atoms. The first-order valence-corrected chi connectivity index (χ1v) is 12.3. The normalized spacial score (nSPS) is 14.1. The number of rotatable bonds is 7. The van der Waals surface area contributed by atoms with Crippen molar-refractivity contribution >= 4 is 22.6 Å². The number of carbonyl (C=O) groups is 1. The molecule has 4 aromatic rings. The van der Waals surface area contributed by atoms with Gasteiger partial charge in [-0.3, -0.25) is 9.59 Å². The largest absolute Gasteiger partial charge is 0.497 e. The van der Waals surface area contributed by atoms with Crippen molar-refractivity contribution in [2.24, 2.45) is 0 Å². The third-order valence-corrected chi connectivity index (χ3v) is 7.03. The Morgan fingerprint density at radius 1 is 1.24 bits per heavy atom. The highest BCUT2D eigenvalue weighted by Gasteiger charge is 2.28. The van der Waals surface area contributed by atoms with E-state index in [1.807, 2.05) is 42.3 Å². The van der Waals surface area contributed by atoms with Crippen LogP contribution in [0, 0.1) is 0 Å². The molecular formula is C28H30N6O3. The first kappa shape index (κ1) is 24.3. The lowest BCUT2D eigenvalue weighted by atomic mass is 10.0. The molecular weight excluding hydrogens is 468 g/mol. The number of pyridine rings is 1. The lowest BCUT2D eigenvalue weighted by Crippen LogP contribution is -2.46. The number of anilines is 1. The van der Waals surface area contributed by atoms with Crippen molar-refractivity contribution in [1.29, 1.82) is 0 Å². The maximum Gasteiger partial charge on any atom is 0.275 e. The number of piperidine rings is 1. The summed E-state index contributed by atoms with van der Waals surface area (Å²) in [5.74, 6) is 1.55. The van der Waals surface area contributed by atoms with Crippen LogP contribution in [0.3, 0.4) is 0 Å². The maximum atomic E-state index is 13.6. The molecule has 1 aliphatic heterocycles. The van der Waals surface area contributed by atoms with E-state index in [1.165, 1.54) is 4.57 Å². The summed E-state index contributed by atoms with van der Waals surface area (Å²) in [4.78, 5) is 42.2. The van der Waals surface area contributed by atoms with Crippen LogP contribution >= 0.6 is 0 Å². The Kier molecular flexibility index (Phi) is 6.76. The number of H-pyrrole nitrogens is 1. The zero-order valence-corrected chi connectivity index (χ0v) is 21.1. The second kappa shape index (κ2) is 10.3. The highest BCUT2D eigenvalue weighted by atomic mass is 16.5. The summed E-state index contributed by atoms with van der Waals surface area (Å²) in [5.41, 5.74) is 2.60. The maximum absolute atomic E-state index is 13.6. The lowest BCUT2D eigenvalue weighted by Gasteiger charge is -2.37. The van der Waals surface area contributed by atoms with E-state index in [2.05, 4.69) is 26.4 Å². The summed E-state index contributed by atoms with van der Waals surface area (Å²) in [6.07, 6.45) is 8.20. The van der Waals surface area contributed by atoms with E-state index in [0.717, 1.165) is 48.8 Å². The van der Waals surface area contributed by atoms with Crippen molar-refractivity contribution in [3.05, 3.63) is 83.7 Å². The van der Waals surface area contributed by atoms with E-state index in [4.69, 9.17) is 4.74 Å². The fourth-order valence-electron chi connectivity index (χ4n) is 4.94. The van der Waals surface area contributed by atoms with Crippen LogP contribution in [0.1, 0.15) is 23.2 Å². The van der Waals surface area contributed by atoms with Gasteiger partial charge in [0.1, 0.15) is 23.4 Å². The summed E-state index contributed by atoms with van der Waals surface area (Å²) in [7, 11) is 3.49. The molecule has 1 aromatic carbocycles. The monoisotopic (exact) mass is 498 g/mol. The predicted molar refractivity (Wildman–Crippen MR) is 144 cm³/mol. The summed E-state index contributed by atoms with van der Waals surface area (Å²) >= 11 is 0. The van der Waals surface area contributed by atoms with Gasteiger partial charge in [0.25, 0.3) is 11.5 Å². The predicted octanol–water partition coefficient (Wildman–Crippen LogP) is 3.72. The number of aromatic amines is 1. The van der Waals surface area contributed by atoms with E-state index in [1.54, 1.807) is 38.0 Å². The topological polar surface area (TPSA) is 96.3 Å². The summed E-state index contributed by atoms with van der Waals surface area (Å²) in [5, 5.41) is 0.644. The van der Waals surface area contributed by atoms with E-state index in [-0.39, 0.29) is 17.5 Å². The third-order valence-electron chi connectivity index (χ3n) is 7.03. The van der Waals surface area contributed by atoms with Gasteiger partial charge >= 0.3 is 0 Å². The number of methoxy groups -OCH3 is 1. The lowest BCUT2D eigenvalue weighted by molar-refractivity contribution is 0.0710. The number of aromatic nitrogens is 4. The Morgan fingerprint density at radius 3 is 2.81 bits per heavy atom. The number of hydrogen-bond acceptors (Lipinski definition) is 6. The first-order valence-electron chi connectivity index (χ1n) is 12.3. The van der Waals surface area contributed by atoms with Gasteiger partial charge in [0.15, 0.2) is 0 Å². The summed E-state index contributed by atoms with van der Waals surface area (Å²) in [6, 6.07) is 11.7. The molecule has 1 saturated heterocycles. The van der Waals surface area contributed by atoms with E-state index >= 15 is 0 Å². The van der Waals surface area contributed by atoms with Gasteiger partial charge in [0.2, 0.25) is 0 Å². The van der Waals surface area contributed by atoms with Gasteiger partial charge in [-0.25, -0.2) is 9.97 Å². The van der Waals surface area contributed by atoms with Crippen LogP contribution in [0.2, 0.25) is 0 Å². The van der Waals surface area contributed by atoms with Gasteiger partial charge in [-0.2, -0.15) is 0 Å². The fraction of sp³-hybridized carbons (Fsp3) is 0.286. The van der Waals surface area contributed by atoms with Crippen molar-refractivity contribution in [3.63, 3.8) is 0 Å². The van der Waals surface area contributed by atoms with Gasteiger partial charge in [0.05, 0.1) is 18.4 Å². The molecule has 4 heterocycles. The number of allylic oxidation sites excluding steroid dienone is 1. The van der Waals surface area contributed by atoms with Gasteiger partial charge in [0, 0.05) is 62.1 Å². The summed E-state index contributed by atoms with van der Waals surface area (Å²) in [6.45, 7) is 5.61. The minimum atomic E-state index is -0.162. The smallest absolute Gasteiger partial charge is 0.275 e. The molecule has 1 aliphatic rings. The number of hydrogen-bond donors (Lipinski definition) is 1. The van der Waals surface area contributed by atoms with Crippen LogP contribution in [0.25, 0.3) is 22.2 Å². The van der Waals surface area contributed by atoms with Gasteiger partial charge in [-0.15, -0.1) is 6.58 Å². The molecule has 1 fully saturated rings. The molecule has 190 valence electrons. The number of fused-ring (bicyclic) bond motifs is 1. The van der Waals surface area contributed by atoms with E-state index in [9.17, 15) is 9.59 Å². The molecule has 0 unspecified atom stereocenters. The number of benzene rings is 1. The molecule has 0 atom stereocenters. The molecule has 0 aliphatic carbocycles. The van der Waals surface area contributed by atoms with Crippen LogP contribution in [-0.4, -0.2) is 63.6 Å². The van der Waals surface area contributed by atoms with Crippen molar-refractivity contribution in [1.82, 2.24) is 24.4 Å². The first-order chi connectivity index (χ1) is 18.0. The summed E-state index contributed by atoms with van der Waals surface area (Å²) < 4.78 is 6.86. The van der Waals surface area contributed by atoms with Crippen LogP contribution in [0.5, 0.6) is 5.75 Å². The minimum Gasteiger partial charge on any atom is -0.497 e. The molecule has 0 spiro atoms. The Labute approximate surface area is 215 Å². The number of amides is 1. The number of nitrogens with zero attached hydrogens (tertiary/aromatic N) is 5. The standard InChI is InChI=1S/C28H30N6O3/c1-4-12-34-17-23(22-8-11-29-26(22)28(34)36)27(35)32(2)20-9-13-33(14-10-20)25-16-24(30-18-31-25)19-6-5-7-21(15-19)37-3/h4-8,11,15-18,20,29H,1,9-10,12-14H2,2-3H3. The van der Waals surface area contributed by atoms with E-state index < -0.39 is 0 Å². The quantitative estimate of drug-likeness (QED) is 0.390. The fourth-order valence-corrected chi connectivity index (χ4v) is 4.94. The van der Waals surface area contributed by atoms with E-state index in [0.29, 0.717) is 23.0 Å². The van der Waals surface area contributed by atoms with Crippen molar-refractivity contribution in [2.45, 2.75) is 25.4 Å². The zero-order chi connectivity index (χ0) is 25.9. The molecule has 9 nitrogen and oxygen atoms in total. The van der Waals surface area contributed by atoms with Crippen molar-refractivity contribution < 1.29 is 9.53 Å². The molecule has 9 heteroatoms. The van der Waals surface area contributed by atoms with Gasteiger partial charge in [-0.05, 0) is 31.0 Å². The molecule has 1 N–H and O–H groups in total. The number of nitrogens with one attached hydrogen (secondary N) is 1. The van der Waals surface area contributed by atoms with Gasteiger partial charge in [-0.1, -0.05) is 18.2 Å². The molecule has 1 amide bonds. The molecule has 3 aromatic heterocycles. The molecule has 0 radical (unpaired) electrons. The van der Waals surface area contributed by atoms with Crippen molar-refractivity contribution in [2.75, 3.05) is 32.1 Å². The minimum absolute atomic E-state index is 0.0808. The van der Waals surface area contributed by atoms with Crippen LogP contribution in [-0.2, 0) is 6.54 Å². The Morgan fingerprint density at radius 2 is 2.05 bits per heavy atom. The highest BCUT2D eigenvalue weighted by Crippen LogP contribution is 2.27. The highest BCUT2D eigenvalue weighted by molar-refractivity contribution is 6.06. The van der Waals surface area contributed by atoms with Gasteiger partial charge < -0.3 is 24.1 Å². The molecule has 0 saturated carbocycles. The van der Waals surface area contributed by atoms with Crippen LogP contribution < -0.4 is 15.2 Å². The average Bonchev–Trinajstić information content (AvgIpc) is 3.45. The van der Waals surface area contributed by atoms with Crippen molar-refractivity contribution in [3.8, 4) is 17.0 Å². The zero-order valence-electron chi connectivity index (χ0n) is 21.1. The SMILES string of the molecule is C=CCn1cc(C(=O)N(C)C2CCN(c3cc(-c4cccc(OC)c4)ncn3)CC2)c2cc[nH]c2c1=O. The molecule has 0 bridgehead atoms. The average molecular weight is 499 g/mol. The Balaban J connectivity index is 1.31. The second-order valence-corrected chi connectivity index (χ2v) is 9.18. The number of ether oxygens (including phenoxy) is 1. The van der Waals surface area contributed by atoms with Crippen LogP contribution in [0.4, 0.5) is 5.82 Å². The number of carbonyl (C=O) groups excluding carboxylic acids is 1. The third kappa shape index (κ3) is 4.72. The Hall–Kier alpha value is -4.40. The van der Waals surface area contributed by atoms with Crippen LogP contribution in [0.15, 0.2) is 72.6 Å². The second-order valence-electron chi connectivity index (χ2n) is 9.18.